The minimum absolute atomic E-state index is 0.0398. The Balaban J connectivity index is 1.65. The number of amides is 1. The van der Waals surface area contributed by atoms with E-state index in [4.69, 9.17) is 4.74 Å². The van der Waals surface area contributed by atoms with Gasteiger partial charge in [-0.05, 0) is 44.0 Å². The van der Waals surface area contributed by atoms with Crippen molar-refractivity contribution in [2.75, 3.05) is 13.7 Å². The van der Waals surface area contributed by atoms with Crippen LogP contribution in [0.1, 0.15) is 36.9 Å². The number of para-hydroxylation sites is 2. The fourth-order valence-corrected chi connectivity index (χ4v) is 3.94. The van der Waals surface area contributed by atoms with E-state index < -0.39 is 0 Å². The van der Waals surface area contributed by atoms with Crippen molar-refractivity contribution in [3.05, 3.63) is 59.1 Å². The smallest absolute Gasteiger partial charge is 0.223 e. The molecule has 0 aliphatic carbocycles. The maximum absolute atomic E-state index is 12.7. The minimum Gasteiger partial charge on any atom is -0.494 e. The van der Waals surface area contributed by atoms with Crippen LogP contribution in [0.5, 0.6) is 5.75 Å². The van der Waals surface area contributed by atoms with E-state index in [-0.39, 0.29) is 11.9 Å². The largest absolute Gasteiger partial charge is 0.494 e. The number of hydrogen-bond donors (Lipinski definition) is 0. The van der Waals surface area contributed by atoms with Crippen molar-refractivity contribution in [2.45, 2.75) is 32.7 Å². The van der Waals surface area contributed by atoms with Gasteiger partial charge in [-0.1, -0.05) is 30.3 Å². The highest BCUT2D eigenvalue weighted by Crippen LogP contribution is 2.29. The molecule has 0 radical (unpaired) electrons. The summed E-state index contributed by atoms with van der Waals surface area (Å²) in [6, 6.07) is 16.0. The number of ether oxygens (including phenoxy) is 1. The molecule has 1 aromatic heterocycles. The summed E-state index contributed by atoms with van der Waals surface area (Å²) in [5.74, 6) is 0.979. The first-order chi connectivity index (χ1) is 12.6. The molecule has 0 N–H and O–H groups in total. The van der Waals surface area contributed by atoms with E-state index in [2.05, 4.69) is 11.1 Å². The first-order valence-corrected chi connectivity index (χ1v) is 9.73. The van der Waals surface area contributed by atoms with Gasteiger partial charge in [0.1, 0.15) is 10.8 Å². The van der Waals surface area contributed by atoms with E-state index in [9.17, 15) is 4.79 Å². The van der Waals surface area contributed by atoms with E-state index in [1.54, 1.807) is 16.2 Å². The van der Waals surface area contributed by atoms with Crippen molar-refractivity contribution in [3.8, 4) is 5.75 Å². The van der Waals surface area contributed by atoms with Crippen molar-refractivity contribution < 1.29 is 9.53 Å². The molecule has 0 aliphatic rings. The van der Waals surface area contributed by atoms with Crippen LogP contribution in [0.3, 0.4) is 0 Å². The second-order valence-electron chi connectivity index (χ2n) is 6.24. The van der Waals surface area contributed by atoms with Gasteiger partial charge in [0.15, 0.2) is 0 Å². The second-order valence-corrected chi connectivity index (χ2v) is 7.30. The van der Waals surface area contributed by atoms with Gasteiger partial charge in [-0.25, -0.2) is 4.98 Å². The lowest BCUT2D eigenvalue weighted by Crippen LogP contribution is -2.29. The minimum atomic E-state index is -0.0398. The number of carbonyl (C=O) groups is 1. The number of aromatic nitrogens is 1. The Morgan fingerprint density at radius 3 is 2.69 bits per heavy atom. The van der Waals surface area contributed by atoms with Gasteiger partial charge in [-0.3, -0.25) is 4.79 Å². The summed E-state index contributed by atoms with van der Waals surface area (Å²) in [6.45, 7) is 4.62. The highest BCUT2D eigenvalue weighted by molar-refractivity contribution is 7.18. The number of rotatable bonds is 7. The Morgan fingerprint density at radius 1 is 1.19 bits per heavy atom. The van der Waals surface area contributed by atoms with Gasteiger partial charge in [-0.2, -0.15) is 0 Å². The number of carbonyl (C=O) groups excluding carboxylic acids is 1. The summed E-state index contributed by atoms with van der Waals surface area (Å²) in [7, 11) is 1.85. The molecule has 0 saturated heterocycles. The van der Waals surface area contributed by atoms with Gasteiger partial charge >= 0.3 is 0 Å². The molecule has 0 unspecified atom stereocenters. The predicted octanol–water partition coefficient (Wildman–Crippen LogP) is 4.85. The zero-order chi connectivity index (χ0) is 18.5. The monoisotopic (exact) mass is 368 g/mol. The van der Waals surface area contributed by atoms with Crippen LogP contribution in [0.15, 0.2) is 48.5 Å². The third-order valence-corrected chi connectivity index (χ3v) is 5.73. The topological polar surface area (TPSA) is 42.4 Å². The standard InChI is InChI=1S/C21H24N2O2S/c1-4-25-18-11-7-5-9-16(18)13-14-20(24)23(3)15(2)21-22-17-10-6-8-12-19(17)26-21/h5-12,15H,4,13-14H2,1-3H3/t15-/m1/s1. The van der Waals surface area contributed by atoms with Crippen molar-refractivity contribution in [2.24, 2.45) is 0 Å². The average molecular weight is 369 g/mol. The summed E-state index contributed by atoms with van der Waals surface area (Å²) in [5.41, 5.74) is 2.06. The Morgan fingerprint density at radius 2 is 1.92 bits per heavy atom. The van der Waals surface area contributed by atoms with Gasteiger partial charge in [0.2, 0.25) is 5.91 Å². The lowest BCUT2D eigenvalue weighted by molar-refractivity contribution is -0.131. The Hall–Kier alpha value is -2.40. The maximum Gasteiger partial charge on any atom is 0.223 e. The van der Waals surface area contributed by atoms with Crippen molar-refractivity contribution in [1.82, 2.24) is 9.88 Å². The van der Waals surface area contributed by atoms with Crippen LogP contribution in [0.2, 0.25) is 0 Å². The molecule has 1 heterocycles. The van der Waals surface area contributed by atoms with Crippen molar-refractivity contribution in [1.29, 1.82) is 0 Å². The maximum atomic E-state index is 12.7. The Bertz CT molecular complexity index is 857. The molecule has 26 heavy (non-hydrogen) atoms. The molecular formula is C21H24N2O2S. The van der Waals surface area contributed by atoms with Crippen LogP contribution in [0.25, 0.3) is 10.2 Å². The molecule has 0 bridgehead atoms. The number of aryl methyl sites for hydroxylation is 1. The first-order valence-electron chi connectivity index (χ1n) is 8.92. The van der Waals surface area contributed by atoms with E-state index in [0.717, 1.165) is 26.5 Å². The summed E-state index contributed by atoms with van der Waals surface area (Å²) in [4.78, 5) is 19.1. The lowest BCUT2D eigenvalue weighted by Gasteiger charge is -2.23. The third-order valence-electron chi connectivity index (χ3n) is 4.52. The van der Waals surface area contributed by atoms with E-state index in [1.165, 1.54) is 0 Å². The number of hydrogen-bond acceptors (Lipinski definition) is 4. The molecule has 3 aromatic rings. The zero-order valence-corrected chi connectivity index (χ0v) is 16.3. The lowest BCUT2D eigenvalue weighted by atomic mass is 10.1. The van der Waals surface area contributed by atoms with E-state index >= 15 is 0 Å². The molecule has 136 valence electrons. The molecule has 0 saturated carbocycles. The van der Waals surface area contributed by atoms with Crippen molar-refractivity contribution in [3.63, 3.8) is 0 Å². The average Bonchev–Trinajstić information content (AvgIpc) is 3.10. The molecule has 0 aliphatic heterocycles. The Kier molecular flexibility index (Phi) is 5.89. The molecule has 2 aromatic carbocycles. The molecule has 5 heteroatoms. The number of fused-ring (bicyclic) bond motifs is 1. The highest BCUT2D eigenvalue weighted by Gasteiger charge is 2.20. The quantitative estimate of drug-likeness (QED) is 0.599. The molecule has 4 nitrogen and oxygen atoms in total. The van der Waals surface area contributed by atoms with Gasteiger partial charge in [0.25, 0.3) is 0 Å². The van der Waals surface area contributed by atoms with E-state index in [1.807, 2.05) is 63.4 Å². The van der Waals surface area contributed by atoms with Crippen LogP contribution in [0, 0.1) is 0 Å². The van der Waals surface area contributed by atoms with Crippen molar-refractivity contribution >= 4 is 27.5 Å². The fraction of sp³-hybridized carbons (Fsp3) is 0.333. The molecule has 3 rings (SSSR count). The number of benzene rings is 2. The van der Waals surface area contributed by atoms with Crippen LogP contribution in [-0.2, 0) is 11.2 Å². The molecule has 1 atom stereocenters. The normalized spacial score (nSPS) is 12.1. The first kappa shape index (κ1) is 18.4. The van der Waals surface area contributed by atoms with Gasteiger partial charge in [-0.15, -0.1) is 11.3 Å². The number of nitrogens with zero attached hydrogens (tertiary/aromatic N) is 2. The summed E-state index contributed by atoms with van der Waals surface area (Å²) < 4.78 is 6.80. The van der Waals surface area contributed by atoms with Crippen LogP contribution < -0.4 is 4.74 Å². The van der Waals surface area contributed by atoms with Gasteiger partial charge < -0.3 is 9.64 Å². The SMILES string of the molecule is CCOc1ccccc1CCC(=O)N(C)[C@H](C)c1nc2ccccc2s1. The van der Waals surface area contributed by atoms with E-state index in [0.29, 0.717) is 19.4 Å². The van der Waals surface area contributed by atoms with Gasteiger partial charge in [0.05, 0.1) is 22.9 Å². The fourth-order valence-electron chi connectivity index (χ4n) is 2.88. The summed E-state index contributed by atoms with van der Waals surface area (Å²) in [5, 5.41) is 0.969. The van der Waals surface area contributed by atoms with Gasteiger partial charge in [0, 0.05) is 13.5 Å². The predicted molar refractivity (Wildman–Crippen MR) is 107 cm³/mol. The van der Waals surface area contributed by atoms with Crippen LogP contribution in [-0.4, -0.2) is 29.4 Å². The second kappa shape index (κ2) is 8.32. The summed E-state index contributed by atoms with van der Waals surface area (Å²) >= 11 is 1.65. The molecule has 0 spiro atoms. The third kappa shape index (κ3) is 4.05. The highest BCUT2D eigenvalue weighted by atomic mass is 32.1. The summed E-state index contributed by atoms with van der Waals surface area (Å²) in [6.07, 6.45) is 1.13. The van der Waals surface area contributed by atoms with Crippen LogP contribution >= 0.6 is 11.3 Å². The molecule has 0 fully saturated rings. The Labute approximate surface area is 158 Å². The van der Waals surface area contributed by atoms with Crippen LogP contribution in [0.4, 0.5) is 0 Å². The zero-order valence-electron chi connectivity index (χ0n) is 15.4. The molecule has 1 amide bonds. The molecular weight excluding hydrogens is 344 g/mol. The number of thiazole rings is 1.